The van der Waals surface area contributed by atoms with Gasteiger partial charge in [-0.25, -0.2) is 9.18 Å². The molecule has 0 amide bonds. The van der Waals surface area contributed by atoms with Crippen molar-refractivity contribution < 1.29 is 13.9 Å². The Labute approximate surface area is 163 Å². The van der Waals surface area contributed by atoms with Crippen LogP contribution in [0.15, 0.2) is 78.6 Å². The number of ether oxygens (including phenoxy) is 1. The van der Waals surface area contributed by atoms with Gasteiger partial charge in [-0.05, 0) is 41.0 Å². The first kappa shape index (κ1) is 19.3. The van der Waals surface area contributed by atoms with Crippen molar-refractivity contribution in [2.24, 2.45) is 0 Å². The van der Waals surface area contributed by atoms with E-state index in [-0.39, 0.29) is 13.0 Å². The van der Waals surface area contributed by atoms with Crippen molar-refractivity contribution in [1.29, 1.82) is 5.26 Å². The molecule has 3 aromatic carbocycles. The molecule has 4 heteroatoms. The van der Waals surface area contributed by atoms with Crippen LogP contribution < -0.4 is 0 Å². The van der Waals surface area contributed by atoms with E-state index < -0.39 is 17.2 Å². The summed E-state index contributed by atoms with van der Waals surface area (Å²) < 4.78 is 20.1. The fraction of sp³-hybridized carbons (Fsp3) is 0.167. The Balaban J connectivity index is 1.98. The van der Waals surface area contributed by atoms with Crippen molar-refractivity contribution in [3.8, 4) is 6.07 Å². The average molecular weight is 373 g/mol. The number of allylic oxidation sites excluding steroid dienone is 1. The number of benzene rings is 3. The van der Waals surface area contributed by atoms with Crippen LogP contribution in [0.2, 0.25) is 0 Å². The Morgan fingerprint density at radius 1 is 1.07 bits per heavy atom. The molecule has 0 radical (unpaired) electrons. The number of carbonyl (C=O) groups is 1. The maximum Gasteiger partial charge on any atom is 0.331 e. The second-order valence-corrected chi connectivity index (χ2v) is 6.48. The third kappa shape index (κ3) is 3.94. The van der Waals surface area contributed by atoms with E-state index in [2.05, 4.69) is 0 Å². The molecule has 0 spiro atoms. The topological polar surface area (TPSA) is 50.1 Å². The van der Waals surface area contributed by atoms with Crippen molar-refractivity contribution in [2.75, 3.05) is 6.61 Å². The number of nitrogens with zero attached hydrogens (tertiary/aromatic N) is 1. The van der Waals surface area contributed by atoms with Gasteiger partial charge in [-0.15, -0.1) is 0 Å². The van der Waals surface area contributed by atoms with Crippen LogP contribution in [0.5, 0.6) is 0 Å². The maximum atomic E-state index is 15.0. The largest absolute Gasteiger partial charge is 0.465 e. The molecule has 0 N–H and O–H groups in total. The molecular weight excluding hydrogens is 353 g/mol. The number of halogens is 1. The second-order valence-electron chi connectivity index (χ2n) is 6.48. The highest BCUT2D eigenvalue weighted by molar-refractivity contribution is 5.88. The summed E-state index contributed by atoms with van der Waals surface area (Å²) >= 11 is 0. The Kier molecular flexibility index (Phi) is 5.86. The second kappa shape index (κ2) is 8.49. The third-order valence-corrected chi connectivity index (χ3v) is 4.61. The number of carbonyl (C=O) groups excluding carboxylic acids is 1. The number of hydrogen-bond acceptors (Lipinski definition) is 3. The highest BCUT2D eigenvalue weighted by Gasteiger charge is 2.43. The van der Waals surface area contributed by atoms with Crippen LogP contribution in [0.25, 0.3) is 16.8 Å². The molecule has 1 atom stereocenters. The van der Waals surface area contributed by atoms with Crippen LogP contribution in [-0.4, -0.2) is 12.6 Å². The highest BCUT2D eigenvalue weighted by Crippen LogP contribution is 2.34. The summed E-state index contributed by atoms with van der Waals surface area (Å²) in [5.74, 6) is -1.31. The Hall–Kier alpha value is -3.45. The Morgan fingerprint density at radius 3 is 2.43 bits per heavy atom. The van der Waals surface area contributed by atoms with Gasteiger partial charge in [0.15, 0.2) is 5.41 Å². The molecule has 0 saturated carbocycles. The third-order valence-electron chi connectivity index (χ3n) is 4.61. The molecule has 140 valence electrons. The minimum Gasteiger partial charge on any atom is -0.465 e. The van der Waals surface area contributed by atoms with E-state index in [9.17, 15) is 14.4 Å². The van der Waals surface area contributed by atoms with Crippen LogP contribution in [0.4, 0.5) is 4.39 Å². The summed E-state index contributed by atoms with van der Waals surface area (Å²) in [6.45, 7) is 1.78. The van der Waals surface area contributed by atoms with E-state index in [0.29, 0.717) is 11.1 Å². The summed E-state index contributed by atoms with van der Waals surface area (Å²) in [5, 5.41) is 11.9. The van der Waals surface area contributed by atoms with Crippen molar-refractivity contribution >= 4 is 22.8 Å². The zero-order valence-electron chi connectivity index (χ0n) is 15.6. The van der Waals surface area contributed by atoms with E-state index in [4.69, 9.17) is 4.74 Å². The van der Waals surface area contributed by atoms with Gasteiger partial charge in [-0.1, -0.05) is 66.7 Å². The molecule has 0 heterocycles. The Morgan fingerprint density at radius 2 is 1.75 bits per heavy atom. The maximum absolute atomic E-state index is 15.0. The van der Waals surface area contributed by atoms with Crippen molar-refractivity contribution in [2.45, 2.75) is 18.8 Å². The lowest BCUT2D eigenvalue weighted by atomic mass is 9.78. The van der Waals surface area contributed by atoms with Gasteiger partial charge in [0.05, 0.1) is 12.7 Å². The van der Waals surface area contributed by atoms with Gasteiger partial charge < -0.3 is 4.74 Å². The molecule has 0 fully saturated rings. The van der Waals surface area contributed by atoms with Crippen LogP contribution in [0.1, 0.15) is 24.5 Å². The van der Waals surface area contributed by atoms with Gasteiger partial charge in [0.25, 0.3) is 0 Å². The minimum atomic E-state index is -1.73. The zero-order chi connectivity index (χ0) is 20.0. The van der Waals surface area contributed by atoms with Gasteiger partial charge in [-0.2, -0.15) is 5.26 Å². The van der Waals surface area contributed by atoms with Crippen LogP contribution in [0, 0.1) is 11.3 Å². The monoisotopic (exact) mass is 373 g/mol. The first-order valence-electron chi connectivity index (χ1n) is 9.08. The van der Waals surface area contributed by atoms with Crippen LogP contribution >= 0.6 is 0 Å². The quantitative estimate of drug-likeness (QED) is 0.531. The first-order chi connectivity index (χ1) is 13.6. The summed E-state index contributed by atoms with van der Waals surface area (Å²) in [7, 11) is 0. The van der Waals surface area contributed by atoms with Crippen LogP contribution in [-0.2, 0) is 14.9 Å². The molecular formula is C24H20FNO2. The lowest BCUT2D eigenvalue weighted by molar-refractivity contribution is -0.148. The molecule has 28 heavy (non-hydrogen) atoms. The SMILES string of the molecule is CCOC(=O)[C@@](C#N)(C/C(F)=C/c1ccc2ccccc2c1)c1ccccc1. The molecule has 0 aliphatic rings. The molecule has 0 aliphatic carbocycles. The summed E-state index contributed by atoms with van der Waals surface area (Å²) in [6.07, 6.45) is 0.972. The molecule has 0 unspecified atom stereocenters. The number of nitriles is 1. The molecule has 0 saturated heterocycles. The highest BCUT2D eigenvalue weighted by atomic mass is 19.1. The van der Waals surface area contributed by atoms with E-state index in [1.54, 1.807) is 37.3 Å². The van der Waals surface area contributed by atoms with Crippen LogP contribution in [0.3, 0.4) is 0 Å². The van der Waals surface area contributed by atoms with E-state index in [0.717, 1.165) is 10.8 Å². The van der Waals surface area contributed by atoms with Gasteiger partial charge in [0, 0.05) is 6.42 Å². The lowest BCUT2D eigenvalue weighted by Gasteiger charge is -2.24. The van der Waals surface area contributed by atoms with Gasteiger partial charge in [0.2, 0.25) is 0 Å². The standard InChI is InChI=1S/C24H20FNO2/c1-2-28-23(27)24(17-26,21-10-4-3-5-11-21)16-22(25)15-18-12-13-19-8-6-7-9-20(19)14-18/h3-15H,2,16H2,1H3/b22-15-/t24-/m1/s1. The minimum absolute atomic E-state index is 0.116. The van der Waals surface area contributed by atoms with E-state index >= 15 is 0 Å². The fourth-order valence-corrected chi connectivity index (χ4v) is 3.20. The van der Waals surface area contributed by atoms with E-state index in [1.165, 1.54) is 6.08 Å². The van der Waals surface area contributed by atoms with Gasteiger partial charge in [0.1, 0.15) is 5.83 Å². The number of rotatable bonds is 6. The van der Waals surface area contributed by atoms with Gasteiger partial charge in [-0.3, -0.25) is 0 Å². The summed E-state index contributed by atoms with van der Waals surface area (Å²) in [6, 6.07) is 23.9. The number of fused-ring (bicyclic) bond motifs is 1. The molecule has 3 nitrogen and oxygen atoms in total. The molecule has 3 rings (SSSR count). The summed E-state index contributed by atoms with van der Waals surface area (Å²) in [5.41, 5.74) is -0.646. The predicted octanol–water partition coefficient (Wildman–Crippen LogP) is 5.56. The first-order valence-corrected chi connectivity index (χ1v) is 9.08. The lowest BCUT2D eigenvalue weighted by Crippen LogP contribution is -2.36. The smallest absolute Gasteiger partial charge is 0.331 e. The molecule has 0 aliphatic heterocycles. The van der Waals surface area contributed by atoms with Crippen molar-refractivity contribution in [3.05, 3.63) is 89.8 Å². The average Bonchev–Trinajstić information content (AvgIpc) is 2.72. The van der Waals surface area contributed by atoms with Gasteiger partial charge >= 0.3 is 5.97 Å². The summed E-state index contributed by atoms with van der Waals surface area (Å²) in [4.78, 5) is 12.6. The number of esters is 1. The molecule has 0 bridgehead atoms. The Bertz CT molecular complexity index is 1050. The van der Waals surface area contributed by atoms with Crippen molar-refractivity contribution in [1.82, 2.24) is 0 Å². The fourth-order valence-electron chi connectivity index (χ4n) is 3.20. The normalized spacial score (nSPS) is 13.5. The predicted molar refractivity (Wildman–Crippen MR) is 108 cm³/mol. The van der Waals surface area contributed by atoms with Crippen molar-refractivity contribution in [3.63, 3.8) is 0 Å². The molecule has 3 aromatic rings. The van der Waals surface area contributed by atoms with E-state index in [1.807, 2.05) is 48.5 Å². The number of hydrogen-bond donors (Lipinski definition) is 0. The zero-order valence-corrected chi connectivity index (χ0v) is 15.6. The molecule has 0 aromatic heterocycles.